The summed E-state index contributed by atoms with van der Waals surface area (Å²) in [6.45, 7) is 2.98. The molecule has 0 saturated heterocycles. The topological polar surface area (TPSA) is 72.1 Å². The number of rotatable bonds is 7. The van der Waals surface area contributed by atoms with Gasteiger partial charge in [-0.15, -0.1) is 0 Å². The van der Waals surface area contributed by atoms with Crippen molar-refractivity contribution in [3.8, 4) is 5.69 Å². The van der Waals surface area contributed by atoms with Gasteiger partial charge in [0.2, 0.25) is 5.91 Å². The molecule has 0 atom stereocenters. The van der Waals surface area contributed by atoms with Crippen LogP contribution in [0.5, 0.6) is 0 Å². The van der Waals surface area contributed by atoms with Crippen molar-refractivity contribution in [2.24, 2.45) is 5.41 Å². The lowest BCUT2D eigenvalue weighted by Gasteiger charge is -2.14. The second-order valence-electron chi connectivity index (χ2n) is 8.29. The molecule has 2 heterocycles. The van der Waals surface area contributed by atoms with Crippen molar-refractivity contribution < 1.29 is 9.32 Å². The number of benzene rings is 2. The van der Waals surface area contributed by atoms with Crippen LogP contribution in [0.3, 0.4) is 0 Å². The Morgan fingerprint density at radius 3 is 2.68 bits per heavy atom. The Morgan fingerprint density at radius 1 is 1.16 bits per heavy atom. The first-order valence-electron chi connectivity index (χ1n) is 10.3. The van der Waals surface area contributed by atoms with E-state index in [1.807, 2.05) is 43.3 Å². The SMILES string of the molecule is CC1(C(=O)NCc2cc3cc(Cl)c(NCc4ccon4)cc3n2-c2ccccc2)CC1. The average molecular weight is 435 g/mol. The summed E-state index contributed by atoms with van der Waals surface area (Å²) in [5, 5.41) is 12.0. The fourth-order valence-corrected chi connectivity index (χ4v) is 3.98. The Bertz CT molecular complexity index is 1230. The second kappa shape index (κ2) is 7.78. The van der Waals surface area contributed by atoms with Crippen molar-refractivity contribution in [1.29, 1.82) is 0 Å². The van der Waals surface area contributed by atoms with Gasteiger partial charge in [-0.2, -0.15) is 0 Å². The van der Waals surface area contributed by atoms with Crippen LogP contribution >= 0.6 is 11.6 Å². The smallest absolute Gasteiger partial charge is 0.226 e. The Kier molecular flexibility index (Phi) is 4.94. The summed E-state index contributed by atoms with van der Waals surface area (Å²) in [7, 11) is 0. The van der Waals surface area contributed by atoms with Gasteiger partial charge in [0, 0.05) is 28.2 Å². The van der Waals surface area contributed by atoms with Crippen LogP contribution in [0.4, 0.5) is 5.69 Å². The summed E-state index contributed by atoms with van der Waals surface area (Å²) >= 11 is 6.56. The summed E-state index contributed by atoms with van der Waals surface area (Å²) in [5.74, 6) is 0.116. The van der Waals surface area contributed by atoms with Crippen molar-refractivity contribution >= 4 is 34.1 Å². The molecule has 0 aliphatic heterocycles. The number of anilines is 1. The predicted octanol–water partition coefficient (Wildman–Crippen LogP) is 5.30. The second-order valence-corrected chi connectivity index (χ2v) is 8.69. The minimum Gasteiger partial charge on any atom is -0.378 e. The van der Waals surface area contributed by atoms with Crippen LogP contribution in [0, 0.1) is 5.41 Å². The molecule has 5 rings (SSSR count). The first kappa shape index (κ1) is 19.7. The molecule has 0 unspecified atom stereocenters. The van der Waals surface area contributed by atoms with Gasteiger partial charge >= 0.3 is 0 Å². The van der Waals surface area contributed by atoms with E-state index in [2.05, 4.69) is 38.6 Å². The predicted molar refractivity (Wildman–Crippen MR) is 121 cm³/mol. The molecule has 1 amide bonds. The maximum Gasteiger partial charge on any atom is 0.226 e. The number of nitrogens with zero attached hydrogens (tertiary/aromatic N) is 2. The highest BCUT2D eigenvalue weighted by atomic mass is 35.5. The van der Waals surface area contributed by atoms with Crippen LogP contribution in [0.1, 0.15) is 31.2 Å². The minimum absolute atomic E-state index is 0.116. The largest absolute Gasteiger partial charge is 0.378 e. The molecular formula is C24H23ClN4O2. The Morgan fingerprint density at radius 2 is 1.97 bits per heavy atom. The number of para-hydroxylation sites is 1. The van der Waals surface area contributed by atoms with Gasteiger partial charge in [0.25, 0.3) is 0 Å². The highest BCUT2D eigenvalue weighted by Gasteiger charge is 2.44. The molecule has 0 radical (unpaired) electrons. The fourth-order valence-electron chi connectivity index (χ4n) is 3.75. The van der Waals surface area contributed by atoms with E-state index in [0.29, 0.717) is 18.1 Å². The first-order valence-corrected chi connectivity index (χ1v) is 10.7. The third kappa shape index (κ3) is 3.91. The number of carbonyl (C=O) groups is 1. The summed E-state index contributed by atoms with van der Waals surface area (Å²) < 4.78 is 7.07. The van der Waals surface area contributed by atoms with Crippen LogP contribution in [-0.4, -0.2) is 15.6 Å². The number of hydrogen-bond acceptors (Lipinski definition) is 4. The number of aromatic nitrogens is 2. The molecule has 2 N–H and O–H groups in total. The third-order valence-corrected chi connectivity index (χ3v) is 6.22. The van der Waals surface area contributed by atoms with Crippen molar-refractivity contribution in [2.75, 3.05) is 5.32 Å². The zero-order valence-corrected chi connectivity index (χ0v) is 17.9. The summed E-state index contributed by atoms with van der Waals surface area (Å²) in [6, 6.07) is 18.0. The van der Waals surface area contributed by atoms with Crippen LogP contribution in [0.25, 0.3) is 16.6 Å². The molecule has 6 nitrogen and oxygen atoms in total. The molecule has 2 aromatic carbocycles. The zero-order chi connectivity index (χ0) is 21.4. The van der Waals surface area contributed by atoms with E-state index in [0.717, 1.165) is 46.5 Å². The van der Waals surface area contributed by atoms with Crippen LogP contribution in [0.2, 0.25) is 5.02 Å². The molecule has 7 heteroatoms. The van der Waals surface area contributed by atoms with Gasteiger partial charge < -0.3 is 19.7 Å². The lowest BCUT2D eigenvalue weighted by Crippen LogP contribution is -2.30. The van der Waals surface area contributed by atoms with E-state index in [1.54, 1.807) is 6.26 Å². The fraction of sp³-hybridized carbons (Fsp3) is 0.250. The number of halogens is 1. The van der Waals surface area contributed by atoms with Crippen molar-refractivity contribution in [3.05, 3.63) is 77.3 Å². The number of amides is 1. The van der Waals surface area contributed by atoms with E-state index >= 15 is 0 Å². The van der Waals surface area contributed by atoms with E-state index < -0.39 is 0 Å². The monoisotopic (exact) mass is 434 g/mol. The maximum absolute atomic E-state index is 12.5. The third-order valence-electron chi connectivity index (χ3n) is 5.91. The van der Waals surface area contributed by atoms with Crippen molar-refractivity contribution in [2.45, 2.75) is 32.9 Å². The van der Waals surface area contributed by atoms with E-state index in [1.165, 1.54) is 0 Å². The molecule has 1 saturated carbocycles. The van der Waals surface area contributed by atoms with Crippen LogP contribution in [0.15, 0.2) is 65.4 Å². The lowest BCUT2D eigenvalue weighted by atomic mass is 10.1. The number of hydrogen-bond donors (Lipinski definition) is 2. The summed E-state index contributed by atoms with van der Waals surface area (Å²) in [6.07, 6.45) is 3.46. The number of fused-ring (bicyclic) bond motifs is 1. The van der Waals surface area contributed by atoms with Gasteiger partial charge in [-0.05, 0) is 43.2 Å². The average Bonchev–Trinajstić information content (AvgIpc) is 3.18. The molecule has 1 aliphatic rings. The molecule has 0 bridgehead atoms. The van der Waals surface area contributed by atoms with Crippen LogP contribution < -0.4 is 10.6 Å². The number of nitrogens with one attached hydrogen (secondary N) is 2. The van der Waals surface area contributed by atoms with Crippen molar-refractivity contribution in [1.82, 2.24) is 15.0 Å². The van der Waals surface area contributed by atoms with Gasteiger partial charge in [-0.3, -0.25) is 4.79 Å². The molecule has 2 aromatic heterocycles. The molecular weight excluding hydrogens is 412 g/mol. The Balaban J connectivity index is 1.52. The van der Waals surface area contributed by atoms with Gasteiger partial charge in [-0.1, -0.05) is 41.9 Å². The molecule has 0 spiro atoms. The maximum atomic E-state index is 12.5. The first-order chi connectivity index (χ1) is 15.0. The minimum atomic E-state index is -0.203. The standard InChI is InChI=1S/C24H23ClN4O2/c1-24(8-9-24)23(30)27-15-19-11-16-12-20(25)21(26-14-17-7-10-31-28-17)13-22(16)29(19)18-5-3-2-4-6-18/h2-7,10-13,26H,8-9,14-15H2,1H3,(H,27,30). The zero-order valence-electron chi connectivity index (χ0n) is 17.2. The van der Waals surface area contributed by atoms with E-state index in [9.17, 15) is 4.79 Å². The number of carbonyl (C=O) groups excluding carboxylic acids is 1. The van der Waals surface area contributed by atoms with Crippen molar-refractivity contribution in [3.63, 3.8) is 0 Å². The molecule has 1 fully saturated rings. The summed E-state index contributed by atoms with van der Waals surface area (Å²) in [5.41, 5.74) is 4.46. The normalized spacial score (nSPS) is 14.5. The Hall–Kier alpha value is -3.25. The quantitative estimate of drug-likeness (QED) is 0.414. The van der Waals surface area contributed by atoms with Gasteiger partial charge in [-0.25, -0.2) is 0 Å². The van der Waals surface area contributed by atoms with Crippen LogP contribution in [-0.2, 0) is 17.9 Å². The van der Waals surface area contributed by atoms with E-state index in [4.69, 9.17) is 16.1 Å². The highest BCUT2D eigenvalue weighted by Crippen LogP contribution is 2.45. The van der Waals surface area contributed by atoms with Gasteiger partial charge in [0.15, 0.2) is 0 Å². The lowest BCUT2D eigenvalue weighted by molar-refractivity contribution is -0.125. The molecule has 1 aliphatic carbocycles. The highest BCUT2D eigenvalue weighted by molar-refractivity contribution is 6.34. The van der Waals surface area contributed by atoms with Gasteiger partial charge in [0.05, 0.1) is 29.3 Å². The molecule has 158 valence electrons. The van der Waals surface area contributed by atoms with Gasteiger partial charge in [0.1, 0.15) is 12.0 Å². The molecule has 4 aromatic rings. The van der Waals surface area contributed by atoms with E-state index in [-0.39, 0.29) is 11.3 Å². The molecule has 31 heavy (non-hydrogen) atoms. The Labute approximate surface area is 185 Å². The summed E-state index contributed by atoms with van der Waals surface area (Å²) in [4.78, 5) is 12.5.